The quantitative estimate of drug-likeness (QED) is 0.725. The number of allylic oxidation sites excluding steroid dienone is 1. The van der Waals surface area contributed by atoms with Gasteiger partial charge in [-0.25, -0.2) is 9.97 Å². The van der Waals surface area contributed by atoms with Crippen LogP contribution in [0.3, 0.4) is 0 Å². The van der Waals surface area contributed by atoms with Crippen LogP contribution in [0.1, 0.15) is 24.0 Å². The summed E-state index contributed by atoms with van der Waals surface area (Å²) in [6.45, 7) is 3.20. The SMILES string of the molecule is Nc1ncnc2c1c(SC1=CCc3ccccc31)cn2CC1CCNCC1. The monoisotopic (exact) mass is 377 g/mol. The molecule has 27 heavy (non-hydrogen) atoms. The van der Waals surface area contributed by atoms with Crippen LogP contribution in [0.5, 0.6) is 0 Å². The zero-order valence-electron chi connectivity index (χ0n) is 15.2. The summed E-state index contributed by atoms with van der Waals surface area (Å²) in [5.74, 6) is 1.25. The summed E-state index contributed by atoms with van der Waals surface area (Å²) in [5.41, 5.74) is 9.94. The van der Waals surface area contributed by atoms with Crippen molar-refractivity contribution in [1.29, 1.82) is 0 Å². The number of fused-ring (bicyclic) bond motifs is 2. The van der Waals surface area contributed by atoms with Gasteiger partial charge in [-0.2, -0.15) is 0 Å². The average molecular weight is 378 g/mol. The van der Waals surface area contributed by atoms with E-state index in [4.69, 9.17) is 5.73 Å². The van der Waals surface area contributed by atoms with Gasteiger partial charge < -0.3 is 15.6 Å². The number of nitrogens with one attached hydrogen (secondary N) is 1. The number of nitrogen functional groups attached to an aromatic ring is 1. The van der Waals surface area contributed by atoms with Crippen molar-refractivity contribution in [1.82, 2.24) is 19.9 Å². The van der Waals surface area contributed by atoms with E-state index in [9.17, 15) is 0 Å². The Morgan fingerprint density at radius 2 is 2.04 bits per heavy atom. The van der Waals surface area contributed by atoms with Crippen molar-refractivity contribution < 1.29 is 0 Å². The standard InChI is InChI=1S/C21H23N5S/c22-20-19-18(27-17-6-5-15-3-1-2-4-16(15)17)12-26(21(19)25-13-24-20)11-14-7-9-23-10-8-14/h1-4,6,12-14,23H,5,7-11H2,(H2,22,24,25). The third-order valence-electron chi connectivity index (χ3n) is 5.57. The predicted octanol–water partition coefficient (Wildman–Crippen LogP) is 3.70. The second-order valence-electron chi connectivity index (χ2n) is 7.33. The number of anilines is 1. The van der Waals surface area contributed by atoms with Crippen LogP contribution in [-0.4, -0.2) is 27.6 Å². The Labute approximate surface area is 163 Å². The molecule has 3 aromatic rings. The molecule has 0 spiro atoms. The van der Waals surface area contributed by atoms with Gasteiger partial charge in [-0.3, -0.25) is 0 Å². The summed E-state index contributed by atoms with van der Waals surface area (Å²) in [4.78, 5) is 11.3. The zero-order valence-corrected chi connectivity index (χ0v) is 16.0. The van der Waals surface area contributed by atoms with Crippen molar-refractivity contribution >= 4 is 33.5 Å². The third kappa shape index (κ3) is 3.13. The maximum atomic E-state index is 6.27. The largest absolute Gasteiger partial charge is 0.383 e. The molecule has 2 aliphatic rings. The molecule has 0 unspecified atom stereocenters. The number of hydrogen-bond donors (Lipinski definition) is 2. The molecule has 3 heterocycles. The summed E-state index contributed by atoms with van der Waals surface area (Å²) in [7, 11) is 0. The van der Waals surface area contributed by atoms with E-state index in [1.54, 1.807) is 18.1 Å². The molecular formula is C21H23N5S. The molecule has 0 saturated carbocycles. The van der Waals surface area contributed by atoms with Crippen LogP contribution < -0.4 is 11.1 Å². The molecule has 3 N–H and O–H groups in total. The van der Waals surface area contributed by atoms with Crippen molar-refractivity contribution in [2.45, 2.75) is 30.7 Å². The topological polar surface area (TPSA) is 68.8 Å². The Kier molecular flexibility index (Phi) is 4.38. The molecule has 138 valence electrons. The molecule has 1 aliphatic heterocycles. The van der Waals surface area contributed by atoms with Gasteiger partial charge in [0.05, 0.1) is 5.39 Å². The number of aromatic nitrogens is 3. The minimum absolute atomic E-state index is 0.568. The van der Waals surface area contributed by atoms with Gasteiger partial charge in [0.1, 0.15) is 17.8 Å². The van der Waals surface area contributed by atoms with Crippen LogP contribution >= 0.6 is 11.8 Å². The van der Waals surface area contributed by atoms with Crippen molar-refractivity contribution in [3.8, 4) is 0 Å². The molecule has 0 radical (unpaired) electrons. The Hall–Kier alpha value is -2.31. The number of hydrogen-bond acceptors (Lipinski definition) is 5. The van der Waals surface area contributed by atoms with Crippen molar-refractivity contribution in [2.24, 2.45) is 5.92 Å². The van der Waals surface area contributed by atoms with Crippen molar-refractivity contribution in [3.63, 3.8) is 0 Å². The van der Waals surface area contributed by atoms with E-state index in [-0.39, 0.29) is 0 Å². The minimum atomic E-state index is 0.568. The van der Waals surface area contributed by atoms with E-state index < -0.39 is 0 Å². The number of rotatable bonds is 4. The van der Waals surface area contributed by atoms with Crippen molar-refractivity contribution in [2.75, 3.05) is 18.8 Å². The van der Waals surface area contributed by atoms with E-state index in [1.807, 2.05) is 0 Å². The van der Waals surface area contributed by atoms with Gasteiger partial charge in [0.2, 0.25) is 0 Å². The first kappa shape index (κ1) is 16.8. The smallest absolute Gasteiger partial charge is 0.146 e. The van der Waals surface area contributed by atoms with E-state index in [0.717, 1.165) is 42.0 Å². The van der Waals surface area contributed by atoms with E-state index in [0.29, 0.717) is 11.7 Å². The van der Waals surface area contributed by atoms with Gasteiger partial charge >= 0.3 is 0 Å². The summed E-state index contributed by atoms with van der Waals surface area (Å²) in [5, 5.41) is 4.43. The lowest BCUT2D eigenvalue weighted by Crippen LogP contribution is -2.29. The lowest BCUT2D eigenvalue weighted by molar-refractivity contribution is 0.336. The number of nitrogens with zero attached hydrogens (tertiary/aromatic N) is 3. The molecule has 0 atom stereocenters. The molecule has 1 aromatic carbocycles. The highest BCUT2D eigenvalue weighted by atomic mass is 32.2. The summed E-state index contributed by atoms with van der Waals surface area (Å²) < 4.78 is 2.28. The fraction of sp³-hybridized carbons (Fsp3) is 0.333. The van der Waals surface area contributed by atoms with Gasteiger partial charge in [-0.05, 0) is 49.4 Å². The number of nitrogens with two attached hydrogens (primary N) is 1. The third-order valence-corrected chi connectivity index (χ3v) is 6.71. The van der Waals surface area contributed by atoms with Crippen molar-refractivity contribution in [3.05, 3.63) is 54.0 Å². The molecule has 1 aliphatic carbocycles. The molecule has 5 rings (SSSR count). The van der Waals surface area contributed by atoms with Crippen LogP contribution in [0.4, 0.5) is 5.82 Å². The second-order valence-corrected chi connectivity index (χ2v) is 8.41. The number of benzene rings is 1. The first-order valence-electron chi connectivity index (χ1n) is 9.56. The Morgan fingerprint density at radius 1 is 1.19 bits per heavy atom. The maximum absolute atomic E-state index is 6.27. The van der Waals surface area contributed by atoms with Gasteiger partial charge in [-0.1, -0.05) is 42.1 Å². The Balaban J connectivity index is 1.51. The zero-order chi connectivity index (χ0) is 18.2. The van der Waals surface area contributed by atoms with E-state index >= 15 is 0 Å². The fourth-order valence-corrected chi connectivity index (χ4v) is 5.33. The number of piperidine rings is 1. The lowest BCUT2D eigenvalue weighted by atomic mass is 9.98. The molecule has 0 amide bonds. The Bertz CT molecular complexity index is 1020. The van der Waals surface area contributed by atoms with Crippen LogP contribution in [0.15, 0.2) is 47.8 Å². The number of thioether (sulfide) groups is 1. The van der Waals surface area contributed by atoms with Gasteiger partial charge in [0.25, 0.3) is 0 Å². The lowest BCUT2D eigenvalue weighted by Gasteiger charge is -2.23. The first-order valence-corrected chi connectivity index (χ1v) is 10.4. The summed E-state index contributed by atoms with van der Waals surface area (Å²) >= 11 is 1.79. The molecular weight excluding hydrogens is 354 g/mol. The van der Waals surface area contributed by atoms with Crippen LogP contribution in [0.25, 0.3) is 15.9 Å². The highest BCUT2D eigenvalue weighted by molar-refractivity contribution is 8.08. The molecule has 5 nitrogen and oxygen atoms in total. The van der Waals surface area contributed by atoms with Gasteiger partial charge in [0.15, 0.2) is 0 Å². The molecule has 1 saturated heterocycles. The first-order chi connectivity index (χ1) is 13.3. The van der Waals surface area contributed by atoms with Crippen LogP contribution in [0.2, 0.25) is 0 Å². The molecule has 2 aromatic heterocycles. The normalized spacial score (nSPS) is 17.3. The average Bonchev–Trinajstić information content (AvgIpc) is 3.26. The summed E-state index contributed by atoms with van der Waals surface area (Å²) in [6, 6.07) is 8.62. The van der Waals surface area contributed by atoms with Gasteiger partial charge in [0, 0.05) is 22.5 Å². The molecule has 6 heteroatoms. The highest BCUT2D eigenvalue weighted by Crippen LogP contribution is 2.43. The maximum Gasteiger partial charge on any atom is 0.146 e. The minimum Gasteiger partial charge on any atom is -0.383 e. The predicted molar refractivity (Wildman–Crippen MR) is 112 cm³/mol. The van der Waals surface area contributed by atoms with Crippen LogP contribution in [-0.2, 0) is 13.0 Å². The molecule has 0 bridgehead atoms. The highest BCUT2D eigenvalue weighted by Gasteiger charge is 2.21. The Morgan fingerprint density at radius 3 is 2.93 bits per heavy atom. The van der Waals surface area contributed by atoms with Gasteiger partial charge in [-0.15, -0.1) is 0 Å². The second kappa shape index (κ2) is 7.02. The fourth-order valence-electron chi connectivity index (χ4n) is 4.14. The van der Waals surface area contributed by atoms with E-state index in [1.165, 1.54) is 28.9 Å². The summed E-state index contributed by atoms with van der Waals surface area (Å²) in [6.07, 6.45) is 9.53. The molecule has 1 fully saturated rings. The van der Waals surface area contributed by atoms with Crippen LogP contribution in [0, 0.1) is 5.92 Å². The van der Waals surface area contributed by atoms with E-state index in [2.05, 4.69) is 56.4 Å².